The average Bonchev–Trinajstić information content (AvgIpc) is 3.51. The van der Waals surface area contributed by atoms with Gasteiger partial charge in [-0.15, -0.1) is 11.3 Å². The molecule has 2 N–H and O–H groups in total. The van der Waals surface area contributed by atoms with Crippen LogP contribution in [0.4, 0.5) is 24.5 Å². The average molecular weight is 526 g/mol. The first kappa shape index (κ1) is 25.4. The summed E-state index contributed by atoms with van der Waals surface area (Å²) in [5, 5.41) is 8.15. The van der Waals surface area contributed by atoms with Crippen molar-refractivity contribution < 1.29 is 22.8 Å². The fraction of sp³-hybridized carbons (Fsp3) is 0.478. The zero-order chi connectivity index (χ0) is 25.2. The summed E-state index contributed by atoms with van der Waals surface area (Å²) < 4.78 is 40.0. The molecule has 0 saturated carbocycles. The van der Waals surface area contributed by atoms with Crippen LogP contribution >= 0.6 is 23.6 Å². The van der Waals surface area contributed by atoms with Gasteiger partial charge in [-0.05, 0) is 56.1 Å². The number of aromatic nitrogens is 1. The first-order valence-corrected chi connectivity index (χ1v) is 12.7. The minimum Gasteiger partial charge on any atom is -0.370 e. The van der Waals surface area contributed by atoms with Gasteiger partial charge in [0.2, 0.25) is 5.91 Å². The molecule has 0 bridgehead atoms. The lowest BCUT2D eigenvalue weighted by atomic mass is 9.98. The van der Waals surface area contributed by atoms with Gasteiger partial charge in [0.1, 0.15) is 5.69 Å². The molecule has 3 heterocycles. The highest BCUT2D eigenvalue weighted by Gasteiger charge is 2.32. The molecule has 35 heavy (non-hydrogen) atoms. The van der Waals surface area contributed by atoms with E-state index in [1.807, 2.05) is 9.80 Å². The molecule has 2 saturated heterocycles. The fourth-order valence-electron chi connectivity index (χ4n) is 4.37. The minimum atomic E-state index is -4.51. The number of anilines is 2. The Morgan fingerprint density at radius 1 is 1.14 bits per heavy atom. The van der Waals surface area contributed by atoms with Gasteiger partial charge < -0.3 is 20.4 Å². The number of nitrogens with one attached hydrogen (secondary N) is 2. The molecule has 4 rings (SSSR count). The lowest BCUT2D eigenvalue weighted by Crippen LogP contribution is -2.45. The van der Waals surface area contributed by atoms with Crippen LogP contribution in [0.3, 0.4) is 0 Å². The highest BCUT2D eigenvalue weighted by atomic mass is 32.1. The van der Waals surface area contributed by atoms with Gasteiger partial charge in [-0.25, -0.2) is 4.98 Å². The Balaban J connectivity index is 1.45. The number of thiazole rings is 1. The highest BCUT2D eigenvalue weighted by Crippen LogP contribution is 2.37. The van der Waals surface area contributed by atoms with E-state index >= 15 is 0 Å². The number of benzene rings is 1. The molecule has 0 aliphatic carbocycles. The molecule has 0 radical (unpaired) electrons. The summed E-state index contributed by atoms with van der Waals surface area (Å²) in [7, 11) is 0. The van der Waals surface area contributed by atoms with Crippen molar-refractivity contribution >= 4 is 51.9 Å². The van der Waals surface area contributed by atoms with Gasteiger partial charge in [0, 0.05) is 44.4 Å². The number of amides is 2. The number of halogens is 3. The number of rotatable bonds is 4. The molecule has 2 amide bonds. The third-order valence-electron chi connectivity index (χ3n) is 6.19. The van der Waals surface area contributed by atoms with Gasteiger partial charge in [0.25, 0.3) is 5.91 Å². The second-order valence-electron chi connectivity index (χ2n) is 8.70. The Morgan fingerprint density at radius 3 is 2.46 bits per heavy atom. The Hall–Kier alpha value is -2.73. The van der Waals surface area contributed by atoms with Crippen molar-refractivity contribution in [1.29, 1.82) is 0 Å². The van der Waals surface area contributed by atoms with Crippen molar-refractivity contribution in [3.63, 3.8) is 0 Å². The molecular formula is C23H26F3N5O2S2. The van der Waals surface area contributed by atoms with Gasteiger partial charge in [-0.1, -0.05) is 0 Å². The molecule has 0 atom stereocenters. The van der Waals surface area contributed by atoms with Crippen LogP contribution in [0.5, 0.6) is 0 Å². The van der Waals surface area contributed by atoms with Crippen LogP contribution in [0, 0.1) is 0 Å². The fourth-order valence-corrected chi connectivity index (χ4v) is 5.67. The first-order valence-electron chi connectivity index (χ1n) is 11.4. The number of nitrogens with zero attached hydrogens (tertiary/aromatic N) is 3. The number of hydrogen-bond donors (Lipinski definition) is 2. The van der Waals surface area contributed by atoms with Gasteiger partial charge in [-0.2, -0.15) is 13.2 Å². The van der Waals surface area contributed by atoms with Crippen LogP contribution in [-0.2, 0) is 11.0 Å². The third-order valence-corrected chi connectivity index (χ3v) is 7.56. The molecule has 2 aliphatic rings. The first-order chi connectivity index (χ1) is 16.6. The number of carbonyl (C=O) groups is 2. The smallest absolute Gasteiger partial charge is 0.370 e. The molecule has 2 aliphatic heterocycles. The molecule has 7 nitrogen and oxygen atoms in total. The number of alkyl halides is 3. The van der Waals surface area contributed by atoms with Gasteiger partial charge in [-0.3, -0.25) is 9.59 Å². The van der Waals surface area contributed by atoms with Crippen LogP contribution in [-0.4, -0.2) is 53.0 Å². The van der Waals surface area contributed by atoms with Crippen molar-refractivity contribution in [1.82, 2.24) is 15.2 Å². The standard InChI is InChI=1S/C23H26F3N5O2S2/c1-14(32)27-22(34)31-10-6-15(7-11-31)21-29-18(13-35-21)20(33)28-17-12-16(23(24,25)26)4-5-19(17)30-8-2-3-9-30/h4-5,12-13,15H,2-3,6-11H2,1H3,(H,28,33)(H,27,32,34). The number of thiocarbonyl (C=S) groups is 1. The van der Waals surface area contributed by atoms with E-state index in [2.05, 4.69) is 15.6 Å². The second kappa shape index (κ2) is 10.5. The summed E-state index contributed by atoms with van der Waals surface area (Å²) in [5.74, 6) is -0.593. The van der Waals surface area contributed by atoms with Crippen molar-refractivity contribution in [2.24, 2.45) is 0 Å². The Bertz CT molecular complexity index is 1110. The maximum Gasteiger partial charge on any atom is 0.416 e. The largest absolute Gasteiger partial charge is 0.416 e. The SMILES string of the molecule is CC(=O)NC(=S)N1CCC(c2nc(C(=O)Nc3cc(C(F)(F)F)ccc3N3CCCC3)cs2)CC1. The van der Waals surface area contributed by atoms with E-state index in [0.717, 1.165) is 55.9 Å². The highest BCUT2D eigenvalue weighted by molar-refractivity contribution is 7.80. The topological polar surface area (TPSA) is 77.6 Å². The molecular weight excluding hydrogens is 499 g/mol. The van der Waals surface area contributed by atoms with Gasteiger partial charge in [0.05, 0.1) is 21.9 Å². The Kier molecular flexibility index (Phi) is 7.60. The summed E-state index contributed by atoms with van der Waals surface area (Å²) in [4.78, 5) is 32.6. The van der Waals surface area contributed by atoms with Crippen LogP contribution in [0.1, 0.15) is 59.6 Å². The van der Waals surface area contributed by atoms with Crippen LogP contribution < -0.4 is 15.5 Å². The Morgan fingerprint density at radius 2 is 1.83 bits per heavy atom. The van der Waals surface area contributed by atoms with Gasteiger partial charge >= 0.3 is 6.18 Å². The van der Waals surface area contributed by atoms with Crippen molar-refractivity contribution in [3.05, 3.63) is 39.8 Å². The van der Waals surface area contributed by atoms with E-state index in [1.165, 1.54) is 24.3 Å². The van der Waals surface area contributed by atoms with Crippen LogP contribution in [0.25, 0.3) is 0 Å². The van der Waals surface area contributed by atoms with E-state index in [9.17, 15) is 22.8 Å². The summed E-state index contributed by atoms with van der Waals surface area (Å²) >= 11 is 6.61. The zero-order valence-electron chi connectivity index (χ0n) is 19.2. The lowest BCUT2D eigenvalue weighted by molar-refractivity contribution is -0.137. The second-order valence-corrected chi connectivity index (χ2v) is 9.97. The van der Waals surface area contributed by atoms with Crippen molar-refractivity contribution in [2.45, 2.75) is 44.7 Å². The van der Waals surface area contributed by atoms with E-state index in [-0.39, 0.29) is 23.2 Å². The maximum absolute atomic E-state index is 13.3. The van der Waals surface area contributed by atoms with Crippen LogP contribution in [0.15, 0.2) is 23.6 Å². The van der Waals surface area contributed by atoms with E-state index in [0.29, 0.717) is 23.9 Å². The molecule has 0 spiro atoms. The van der Waals surface area contributed by atoms with E-state index in [4.69, 9.17) is 12.2 Å². The monoisotopic (exact) mass is 525 g/mol. The quantitative estimate of drug-likeness (QED) is 0.568. The third kappa shape index (κ3) is 6.10. The lowest BCUT2D eigenvalue weighted by Gasteiger charge is -2.32. The van der Waals surface area contributed by atoms with E-state index in [1.54, 1.807) is 5.38 Å². The molecule has 1 aromatic carbocycles. The van der Waals surface area contributed by atoms with Crippen molar-refractivity contribution in [3.8, 4) is 0 Å². The number of hydrogen-bond acceptors (Lipinski definition) is 6. The zero-order valence-corrected chi connectivity index (χ0v) is 20.8. The minimum absolute atomic E-state index is 0.140. The Labute approximate surface area is 210 Å². The molecule has 2 aromatic rings. The summed E-state index contributed by atoms with van der Waals surface area (Å²) in [6.45, 7) is 4.20. The number of carbonyl (C=O) groups excluding carboxylic acids is 2. The summed E-state index contributed by atoms with van der Waals surface area (Å²) in [6.07, 6.45) is -1.06. The predicted octanol–water partition coefficient (Wildman–Crippen LogP) is 4.61. The van der Waals surface area contributed by atoms with Crippen molar-refractivity contribution in [2.75, 3.05) is 36.4 Å². The number of likely N-dealkylation sites (tertiary alicyclic amines) is 1. The molecule has 188 valence electrons. The predicted molar refractivity (Wildman–Crippen MR) is 133 cm³/mol. The molecule has 12 heteroatoms. The maximum atomic E-state index is 13.3. The van der Waals surface area contributed by atoms with Gasteiger partial charge in [0.15, 0.2) is 5.11 Å². The summed E-state index contributed by atoms with van der Waals surface area (Å²) in [6, 6.07) is 3.47. The number of piperidine rings is 1. The summed E-state index contributed by atoms with van der Waals surface area (Å²) in [5.41, 5.74) is 0.104. The molecule has 1 aromatic heterocycles. The normalized spacial score (nSPS) is 16.9. The van der Waals surface area contributed by atoms with E-state index < -0.39 is 17.6 Å². The molecule has 2 fully saturated rings. The molecule has 0 unspecified atom stereocenters. The van der Waals surface area contributed by atoms with Crippen LogP contribution in [0.2, 0.25) is 0 Å².